The normalized spacial score (nSPS) is 20.9. The van der Waals surface area contributed by atoms with Crippen LogP contribution < -0.4 is 5.32 Å². The number of benzene rings is 1. The van der Waals surface area contributed by atoms with Crippen molar-refractivity contribution in [2.45, 2.75) is 52.5 Å². The van der Waals surface area contributed by atoms with Crippen LogP contribution in [0.3, 0.4) is 0 Å². The molecule has 1 aliphatic rings. The molecule has 2 atom stereocenters. The first-order valence-electron chi connectivity index (χ1n) is 8.92. The fourth-order valence-electron chi connectivity index (χ4n) is 3.18. The topological polar surface area (TPSA) is 63.2 Å². The molecule has 1 aromatic rings. The quantitative estimate of drug-likeness (QED) is 0.820. The van der Waals surface area contributed by atoms with E-state index >= 15 is 0 Å². The Morgan fingerprint density at radius 2 is 1.92 bits per heavy atom. The van der Waals surface area contributed by atoms with Gasteiger partial charge in [-0.25, -0.2) is 8.42 Å². The molecule has 1 amide bonds. The van der Waals surface area contributed by atoms with Gasteiger partial charge in [-0.05, 0) is 36.3 Å². The third kappa shape index (κ3) is 5.07. The summed E-state index contributed by atoms with van der Waals surface area (Å²) in [5.74, 6) is -0.179. The zero-order chi connectivity index (χ0) is 17.7. The zero-order valence-electron chi connectivity index (χ0n) is 14.9. The highest BCUT2D eigenvalue weighted by atomic mass is 32.2. The van der Waals surface area contributed by atoms with Crippen LogP contribution in [0, 0.1) is 11.8 Å². The molecule has 2 unspecified atom stereocenters. The first kappa shape index (κ1) is 19.0. The predicted molar refractivity (Wildman–Crippen MR) is 97.5 cm³/mol. The molecule has 1 aromatic carbocycles. The second-order valence-corrected chi connectivity index (χ2v) is 9.40. The van der Waals surface area contributed by atoms with Gasteiger partial charge in [-0.15, -0.1) is 0 Å². The van der Waals surface area contributed by atoms with Crippen LogP contribution >= 0.6 is 0 Å². The van der Waals surface area contributed by atoms with Crippen LogP contribution in [0.25, 0.3) is 0 Å². The highest BCUT2D eigenvalue weighted by Gasteiger charge is 2.34. The van der Waals surface area contributed by atoms with Crippen LogP contribution in [-0.4, -0.2) is 25.8 Å². The molecule has 0 radical (unpaired) electrons. The van der Waals surface area contributed by atoms with E-state index in [9.17, 15) is 13.2 Å². The van der Waals surface area contributed by atoms with Gasteiger partial charge in [-0.1, -0.05) is 51.5 Å². The fraction of sp³-hybridized carbons (Fsp3) is 0.632. The van der Waals surface area contributed by atoms with Crippen LogP contribution in [0.1, 0.15) is 57.2 Å². The summed E-state index contributed by atoms with van der Waals surface area (Å²) in [5, 5.41) is 3.07. The molecular formula is C19H29NO3S. The summed E-state index contributed by atoms with van der Waals surface area (Å²) in [4.78, 5) is 12.5. The van der Waals surface area contributed by atoms with Crippen molar-refractivity contribution in [3.05, 3.63) is 35.4 Å². The number of hydrogen-bond donors (Lipinski definition) is 1. The minimum absolute atomic E-state index is 0.0143. The number of aryl methyl sites for hydroxylation is 1. The number of carbonyl (C=O) groups is 1. The van der Waals surface area contributed by atoms with E-state index in [1.165, 1.54) is 18.4 Å². The molecule has 2 rings (SSSR count). The maximum Gasteiger partial charge on any atom is 0.224 e. The Hall–Kier alpha value is -1.36. The van der Waals surface area contributed by atoms with E-state index < -0.39 is 15.8 Å². The Bertz CT molecular complexity index is 650. The number of unbranched alkanes of at least 4 members (excludes halogenated alkanes) is 1. The van der Waals surface area contributed by atoms with Crippen molar-refractivity contribution in [2.24, 2.45) is 11.8 Å². The number of sulfone groups is 1. The number of carbonyl (C=O) groups excluding carboxylic acids is 1. The second kappa shape index (κ2) is 8.15. The van der Waals surface area contributed by atoms with Crippen LogP contribution in [0.4, 0.5) is 0 Å². The van der Waals surface area contributed by atoms with E-state index in [2.05, 4.69) is 50.4 Å². The maximum atomic E-state index is 12.5. The largest absolute Gasteiger partial charge is 0.349 e. The molecule has 0 aromatic heterocycles. The Balaban J connectivity index is 2.05. The lowest BCUT2D eigenvalue weighted by Gasteiger charge is -2.24. The van der Waals surface area contributed by atoms with E-state index in [4.69, 9.17) is 0 Å². The highest BCUT2D eigenvalue weighted by Crippen LogP contribution is 2.25. The standard InChI is InChI=1S/C19H29NO3S/c1-4-5-6-15-7-9-16(10-8-15)18(14(2)3)20-19(21)17-11-12-24(22,23)13-17/h7-10,14,17-18H,4-6,11-13H2,1-3H3,(H,20,21). The van der Waals surface area contributed by atoms with Gasteiger partial charge in [0.2, 0.25) is 5.91 Å². The van der Waals surface area contributed by atoms with E-state index in [0.29, 0.717) is 6.42 Å². The molecule has 0 spiro atoms. The van der Waals surface area contributed by atoms with E-state index in [-0.39, 0.29) is 29.4 Å². The minimum atomic E-state index is -3.04. The molecule has 24 heavy (non-hydrogen) atoms. The minimum Gasteiger partial charge on any atom is -0.349 e. The van der Waals surface area contributed by atoms with Gasteiger partial charge < -0.3 is 5.32 Å². The first-order chi connectivity index (χ1) is 11.3. The highest BCUT2D eigenvalue weighted by molar-refractivity contribution is 7.91. The number of nitrogens with one attached hydrogen (secondary N) is 1. The molecule has 1 fully saturated rings. The van der Waals surface area contributed by atoms with E-state index in [0.717, 1.165) is 12.0 Å². The lowest BCUT2D eigenvalue weighted by molar-refractivity contribution is -0.125. The summed E-state index contributed by atoms with van der Waals surface area (Å²) in [6, 6.07) is 8.35. The van der Waals surface area contributed by atoms with Crippen molar-refractivity contribution >= 4 is 15.7 Å². The van der Waals surface area contributed by atoms with Gasteiger partial charge in [-0.2, -0.15) is 0 Å². The summed E-state index contributed by atoms with van der Waals surface area (Å²) in [5.41, 5.74) is 2.40. The van der Waals surface area contributed by atoms with Gasteiger partial charge in [0, 0.05) is 0 Å². The first-order valence-corrected chi connectivity index (χ1v) is 10.7. The third-order valence-electron chi connectivity index (χ3n) is 4.73. The zero-order valence-corrected chi connectivity index (χ0v) is 15.7. The van der Waals surface area contributed by atoms with Crippen molar-refractivity contribution in [1.82, 2.24) is 5.32 Å². The molecule has 5 heteroatoms. The summed E-state index contributed by atoms with van der Waals surface area (Å²) in [7, 11) is -3.04. The molecule has 4 nitrogen and oxygen atoms in total. The molecule has 1 heterocycles. The number of rotatable bonds is 7. The molecule has 1 saturated heterocycles. The van der Waals surface area contributed by atoms with Crippen molar-refractivity contribution in [2.75, 3.05) is 11.5 Å². The van der Waals surface area contributed by atoms with Crippen molar-refractivity contribution in [1.29, 1.82) is 0 Å². The average Bonchev–Trinajstić information content (AvgIpc) is 2.91. The smallest absolute Gasteiger partial charge is 0.224 e. The Morgan fingerprint density at radius 1 is 1.25 bits per heavy atom. The van der Waals surface area contributed by atoms with Crippen LogP contribution in [0.2, 0.25) is 0 Å². The van der Waals surface area contributed by atoms with Crippen molar-refractivity contribution < 1.29 is 13.2 Å². The van der Waals surface area contributed by atoms with Crippen LogP contribution in [0.15, 0.2) is 24.3 Å². The van der Waals surface area contributed by atoms with Crippen molar-refractivity contribution in [3.8, 4) is 0 Å². The average molecular weight is 352 g/mol. The Kier molecular flexibility index (Phi) is 6.44. The molecule has 134 valence electrons. The molecule has 1 N–H and O–H groups in total. The lowest BCUT2D eigenvalue weighted by Crippen LogP contribution is -2.36. The summed E-state index contributed by atoms with van der Waals surface area (Å²) < 4.78 is 23.2. The van der Waals surface area contributed by atoms with E-state index in [1.54, 1.807) is 0 Å². The van der Waals surface area contributed by atoms with Gasteiger partial charge >= 0.3 is 0 Å². The lowest BCUT2D eigenvalue weighted by atomic mass is 9.93. The predicted octanol–water partition coefficient (Wildman–Crippen LogP) is 3.28. The maximum absolute atomic E-state index is 12.5. The van der Waals surface area contributed by atoms with Crippen molar-refractivity contribution in [3.63, 3.8) is 0 Å². The monoisotopic (exact) mass is 351 g/mol. The second-order valence-electron chi connectivity index (χ2n) is 7.18. The van der Waals surface area contributed by atoms with Gasteiger partial charge in [0.15, 0.2) is 9.84 Å². The SMILES string of the molecule is CCCCc1ccc(C(NC(=O)C2CCS(=O)(=O)C2)C(C)C)cc1. The van der Waals surface area contributed by atoms with E-state index in [1.807, 2.05) is 0 Å². The van der Waals surface area contributed by atoms with Crippen LogP contribution in [-0.2, 0) is 21.1 Å². The summed E-state index contributed by atoms with van der Waals surface area (Å²) >= 11 is 0. The summed E-state index contributed by atoms with van der Waals surface area (Å²) in [6.07, 6.45) is 3.88. The fourth-order valence-corrected chi connectivity index (χ4v) is 4.92. The third-order valence-corrected chi connectivity index (χ3v) is 6.49. The molecule has 0 aliphatic carbocycles. The Labute approximate surface area is 146 Å². The van der Waals surface area contributed by atoms with Gasteiger partial charge in [-0.3, -0.25) is 4.79 Å². The Morgan fingerprint density at radius 3 is 2.42 bits per heavy atom. The van der Waals surface area contributed by atoms with Gasteiger partial charge in [0.25, 0.3) is 0 Å². The molecule has 0 saturated carbocycles. The molecule has 1 aliphatic heterocycles. The van der Waals surface area contributed by atoms with Gasteiger partial charge in [0.1, 0.15) is 0 Å². The number of amides is 1. The van der Waals surface area contributed by atoms with Crippen LogP contribution in [0.5, 0.6) is 0 Å². The number of hydrogen-bond acceptors (Lipinski definition) is 3. The van der Waals surface area contributed by atoms with Gasteiger partial charge in [0.05, 0.1) is 23.5 Å². The summed E-state index contributed by atoms with van der Waals surface area (Å²) in [6.45, 7) is 6.32. The molecular weight excluding hydrogens is 322 g/mol. The molecule has 0 bridgehead atoms.